The number of aromatic amines is 1. The van der Waals surface area contributed by atoms with Crippen LogP contribution in [-0.2, 0) is 11.3 Å². The first-order valence-electron chi connectivity index (χ1n) is 9.34. The number of halogens is 1. The molecular weight excluding hydrogens is 405 g/mol. The highest BCUT2D eigenvalue weighted by molar-refractivity contribution is 6.09. The van der Waals surface area contributed by atoms with E-state index >= 15 is 0 Å². The first-order valence-corrected chi connectivity index (χ1v) is 9.34. The molecule has 0 radical (unpaired) electrons. The predicted molar refractivity (Wildman–Crippen MR) is 111 cm³/mol. The minimum absolute atomic E-state index is 0.0120. The van der Waals surface area contributed by atoms with Gasteiger partial charge < -0.3 is 20.7 Å². The minimum atomic E-state index is -1.19. The molecule has 2 amide bonds. The Morgan fingerprint density at radius 3 is 2.61 bits per heavy atom. The fourth-order valence-electron chi connectivity index (χ4n) is 3.47. The number of aromatic nitrogens is 2. The summed E-state index contributed by atoms with van der Waals surface area (Å²) in [7, 11) is 0. The summed E-state index contributed by atoms with van der Waals surface area (Å²) in [5.41, 5.74) is 2.91. The van der Waals surface area contributed by atoms with E-state index < -0.39 is 11.9 Å². The third-order valence-corrected chi connectivity index (χ3v) is 4.78. The number of benzene rings is 1. The van der Waals surface area contributed by atoms with E-state index in [-0.39, 0.29) is 24.8 Å². The highest BCUT2D eigenvalue weighted by Crippen LogP contribution is 2.38. The number of H-pyrrole nitrogens is 1. The fraction of sp³-hybridized carbons (Fsp3) is 0.143. The fourth-order valence-corrected chi connectivity index (χ4v) is 3.47. The number of rotatable bonds is 4. The first kappa shape index (κ1) is 20.1. The third kappa shape index (κ3) is 4.08. The van der Waals surface area contributed by atoms with Gasteiger partial charge in [0.1, 0.15) is 11.6 Å². The maximum Gasteiger partial charge on any atom is 0.408 e. The molecule has 1 aromatic carbocycles. The van der Waals surface area contributed by atoms with E-state index in [1.54, 1.807) is 12.1 Å². The highest BCUT2D eigenvalue weighted by atomic mass is 19.1. The summed E-state index contributed by atoms with van der Waals surface area (Å²) in [6.45, 7) is 1.10. The Hall–Kier alpha value is -4.21. The van der Waals surface area contributed by atoms with Crippen LogP contribution in [0.25, 0.3) is 11.3 Å². The monoisotopic (exact) mass is 423 g/mol. The molecule has 1 aliphatic heterocycles. The zero-order valence-electron chi connectivity index (χ0n) is 16.4. The summed E-state index contributed by atoms with van der Waals surface area (Å²) in [6, 6.07) is 8.97. The van der Waals surface area contributed by atoms with Gasteiger partial charge in [-0.25, -0.2) is 14.2 Å². The molecule has 31 heavy (non-hydrogen) atoms. The van der Waals surface area contributed by atoms with Crippen LogP contribution in [0, 0.1) is 5.82 Å². The molecule has 4 rings (SSSR count). The normalized spacial score (nSPS) is 13.0. The molecule has 3 aromatic rings. The Bertz CT molecular complexity index is 1190. The lowest BCUT2D eigenvalue weighted by molar-refractivity contribution is -0.114. The Labute approximate surface area is 175 Å². The summed E-state index contributed by atoms with van der Waals surface area (Å²) < 4.78 is 13.3. The van der Waals surface area contributed by atoms with Gasteiger partial charge in [0.05, 0.1) is 30.0 Å². The highest BCUT2D eigenvalue weighted by Gasteiger charge is 2.32. The van der Waals surface area contributed by atoms with Crippen molar-refractivity contribution in [3.05, 3.63) is 59.7 Å². The topological polar surface area (TPSA) is 127 Å². The molecular formula is C21H18FN5O4. The van der Waals surface area contributed by atoms with Gasteiger partial charge in [0.15, 0.2) is 5.78 Å². The quantitative estimate of drug-likeness (QED) is 0.508. The van der Waals surface area contributed by atoms with Crippen molar-refractivity contribution < 1.29 is 23.9 Å². The van der Waals surface area contributed by atoms with E-state index in [2.05, 4.69) is 20.6 Å². The largest absolute Gasteiger partial charge is 0.465 e. The first-order chi connectivity index (χ1) is 14.8. The van der Waals surface area contributed by atoms with Gasteiger partial charge >= 0.3 is 6.09 Å². The SMILES string of the molecule is CC(=O)Nc1cc(-c2[nH]c3c(c2Nc2ccc(F)cc2)C(=O)CN(C(=O)O)C3)ccn1. The lowest BCUT2D eigenvalue weighted by Crippen LogP contribution is -2.38. The summed E-state index contributed by atoms with van der Waals surface area (Å²) in [5, 5.41) is 15.1. The molecule has 2 aromatic heterocycles. The Balaban J connectivity index is 1.83. The molecule has 4 N–H and O–H groups in total. The van der Waals surface area contributed by atoms with Crippen LogP contribution in [0.5, 0.6) is 0 Å². The van der Waals surface area contributed by atoms with Gasteiger partial charge in [0.25, 0.3) is 0 Å². The summed E-state index contributed by atoms with van der Waals surface area (Å²) >= 11 is 0. The predicted octanol–water partition coefficient (Wildman–Crippen LogP) is 3.59. The lowest BCUT2D eigenvalue weighted by atomic mass is 10.0. The van der Waals surface area contributed by atoms with E-state index in [1.165, 1.54) is 37.4 Å². The van der Waals surface area contributed by atoms with Gasteiger partial charge in [0, 0.05) is 30.1 Å². The summed E-state index contributed by atoms with van der Waals surface area (Å²) in [4.78, 5) is 43.9. The molecule has 1 aliphatic rings. The molecule has 3 heterocycles. The number of amides is 2. The third-order valence-electron chi connectivity index (χ3n) is 4.78. The van der Waals surface area contributed by atoms with Gasteiger partial charge in [-0.1, -0.05) is 0 Å². The number of pyridine rings is 1. The number of nitrogens with zero attached hydrogens (tertiary/aromatic N) is 2. The van der Waals surface area contributed by atoms with E-state index in [0.717, 1.165) is 4.90 Å². The molecule has 158 valence electrons. The molecule has 0 spiro atoms. The van der Waals surface area contributed by atoms with Gasteiger partial charge in [-0.3, -0.25) is 14.5 Å². The smallest absolute Gasteiger partial charge is 0.408 e. The molecule has 0 unspecified atom stereocenters. The number of hydrogen-bond donors (Lipinski definition) is 4. The Kier molecular flexibility index (Phi) is 5.12. The number of ketones is 1. The van der Waals surface area contributed by atoms with Crippen molar-refractivity contribution in [3.8, 4) is 11.3 Å². The van der Waals surface area contributed by atoms with Crippen molar-refractivity contribution in [1.82, 2.24) is 14.9 Å². The zero-order valence-corrected chi connectivity index (χ0v) is 16.4. The number of Topliss-reactive ketones (excluding diaryl/α,β-unsaturated/α-hetero) is 1. The molecule has 10 heteroatoms. The van der Waals surface area contributed by atoms with Crippen molar-refractivity contribution in [1.29, 1.82) is 0 Å². The van der Waals surface area contributed by atoms with Crippen LogP contribution in [0.3, 0.4) is 0 Å². The number of carboxylic acid groups (broad SMARTS) is 1. The van der Waals surface area contributed by atoms with Crippen LogP contribution < -0.4 is 10.6 Å². The number of carbonyl (C=O) groups is 3. The maximum atomic E-state index is 13.3. The van der Waals surface area contributed by atoms with Crippen molar-refractivity contribution in [2.45, 2.75) is 13.5 Å². The van der Waals surface area contributed by atoms with Gasteiger partial charge in [0.2, 0.25) is 5.91 Å². The molecule has 0 aliphatic carbocycles. The van der Waals surface area contributed by atoms with Gasteiger partial charge in [-0.2, -0.15) is 0 Å². The molecule has 0 bridgehead atoms. The van der Waals surface area contributed by atoms with E-state index in [1.807, 2.05) is 0 Å². The van der Waals surface area contributed by atoms with Crippen LogP contribution >= 0.6 is 0 Å². The minimum Gasteiger partial charge on any atom is -0.465 e. The average Bonchev–Trinajstić information content (AvgIpc) is 3.08. The van der Waals surface area contributed by atoms with Crippen LogP contribution in [-0.4, -0.2) is 44.3 Å². The molecule has 9 nitrogen and oxygen atoms in total. The van der Waals surface area contributed by atoms with E-state index in [4.69, 9.17) is 0 Å². The van der Waals surface area contributed by atoms with Crippen molar-refractivity contribution in [2.75, 3.05) is 17.2 Å². The van der Waals surface area contributed by atoms with Crippen LogP contribution in [0.2, 0.25) is 0 Å². The zero-order chi connectivity index (χ0) is 22.1. The van der Waals surface area contributed by atoms with Crippen LogP contribution in [0.1, 0.15) is 23.0 Å². The number of carbonyl (C=O) groups excluding carboxylic acids is 2. The second-order valence-corrected chi connectivity index (χ2v) is 7.03. The summed E-state index contributed by atoms with van der Waals surface area (Å²) in [5.74, 6) is -0.729. The molecule has 0 saturated carbocycles. The molecule has 0 fully saturated rings. The number of hydrogen-bond acceptors (Lipinski definition) is 5. The molecule has 0 atom stereocenters. The van der Waals surface area contributed by atoms with Crippen molar-refractivity contribution in [2.24, 2.45) is 0 Å². The number of fused-ring (bicyclic) bond motifs is 1. The van der Waals surface area contributed by atoms with E-state index in [9.17, 15) is 23.9 Å². The maximum absolute atomic E-state index is 13.3. The Morgan fingerprint density at radius 1 is 1.19 bits per heavy atom. The second-order valence-electron chi connectivity index (χ2n) is 7.03. The standard InChI is InChI=1S/C21H18FN5O4/c1-11(28)24-17-8-12(6-7-23-17)19-20(25-14-4-2-13(22)3-5-14)18-15(26-19)9-27(21(30)31)10-16(18)29/h2-8,25-26H,9-10H2,1H3,(H,30,31)(H,23,24,28). The van der Waals surface area contributed by atoms with Crippen LogP contribution in [0.15, 0.2) is 42.6 Å². The van der Waals surface area contributed by atoms with Crippen molar-refractivity contribution >= 4 is 35.0 Å². The van der Waals surface area contributed by atoms with Crippen molar-refractivity contribution in [3.63, 3.8) is 0 Å². The van der Waals surface area contributed by atoms with E-state index in [0.29, 0.717) is 39.7 Å². The van der Waals surface area contributed by atoms with Crippen LogP contribution in [0.4, 0.5) is 26.4 Å². The lowest BCUT2D eigenvalue weighted by Gasteiger charge is -2.23. The number of anilines is 3. The van der Waals surface area contributed by atoms with Gasteiger partial charge in [-0.05, 0) is 36.4 Å². The summed E-state index contributed by atoms with van der Waals surface area (Å²) in [6.07, 6.45) is 0.313. The average molecular weight is 423 g/mol. The van der Waals surface area contributed by atoms with Gasteiger partial charge in [-0.15, -0.1) is 0 Å². The Morgan fingerprint density at radius 2 is 1.94 bits per heavy atom. The second kappa shape index (κ2) is 7.90. The number of nitrogens with one attached hydrogen (secondary N) is 3. The molecule has 0 saturated heterocycles.